The molecule has 12 heavy (non-hydrogen) atoms. The Hall–Kier alpha value is -0.120. The van der Waals surface area contributed by atoms with Gasteiger partial charge in [-0.05, 0) is 27.1 Å². The maximum Gasteiger partial charge on any atom is 0.0207 e. The molecular weight excluding hydrogens is 150 g/mol. The molecule has 0 aliphatic carbocycles. The molecule has 0 saturated carbocycles. The zero-order valence-electron chi connectivity index (χ0n) is 8.43. The first kappa shape index (κ1) is 9.96. The van der Waals surface area contributed by atoms with E-state index in [0.717, 1.165) is 6.54 Å². The number of hydrogen-bond donors (Lipinski definition) is 2. The fourth-order valence-electron chi connectivity index (χ4n) is 1.87. The summed E-state index contributed by atoms with van der Waals surface area (Å²) in [5, 5.41) is 6.70. The Morgan fingerprint density at radius 2 is 1.67 bits per heavy atom. The quantitative estimate of drug-likeness (QED) is 0.620. The summed E-state index contributed by atoms with van der Waals surface area (Å²) in [5.41, 5.74) is 0. The Labute approximate surface area is 75.5 Å². The summed E-state index contributed by atoms with van der Waals surface area (Å²) in [4.78, 5) is 2.49. The topological polar surface area (TPSA) is 27.3 Å². The summed E-state index contributed by atoms with van der Waals surface area (Å²) in [6.07, 6.45) is 1.25. The van der Waals surface area contributed by atoms with Gasteiger partial charge in [-0.3, -0.25) is 0 Å². The molecule has 2 N–H and O–H groups in total. The van der Waals surface area contributed by atoms with Crippen molar-refractivity contribution in [1.29, 1.82) is 0 Å². The molecular formula is C9H21N3. The van der Waals surface area contributed by atoms with Gasteiger partial charge in [0.1, 0.15) is 0 Å². The van der Waals surface area contributed by atoms with Crippen molar-refractivity contribution in [3.05, 3.63) is 0 Å². The minimum absolute atomic E-state index is 0.663. The van der Waals surface area contributed by atoms with Gasteiger partial charge in [0, 0.05) is 25.2 Å². The Kier molecular flexibility index (Phi) is 3.98. The van der Waals surface area contributed by atoms with Gasteiger partial charge in [0.25, 0.3) is 0 Å². The van der Waals surface area contributed by atoms with Gasteiger partial charge < -0.3 is 15.5 Å². The van der Waals surface area contributed by atoms with E-state index in [1.165, 1.54) is 19.5 Å². The molecule has 1 rings (SSSR count). The van der Waals surface area contributed by atoms with Crippen LogP contribution in [-0.2, 0) is 0 Å². The Morgan fingerprint density at radius 3 is 2.00 bits per heavy atom. The molecule has 0 bridgehead atoms. The van der Waals surface area contributed by atoms with Crippen molar-refractivity contribution in [3.63, 3.8) is 0 Å². The second-order valence-corrected chi connectivity index (χ2v) is 3.56. The smallest absolute Gasteiger partial charge is 0.0207 e. The van der Waals surface area contributed by atoms with Gasteiger partial charge >= 0.3 is 0 Å². The van der Waals surface area contributed by atoms with Crippen LogP contribution in [0.4, 0.5) is 0 Å². The predicted molar refractivity (Wildman–Crippen MR) is 52.4 cm³/mol. The van der Waals surface area contributed by atoms with E-state index in [9.17, 15) is 0 Å². The van der Waals surface area contributed by atoms with E-state index in [1.54, 1.807) is 0 Å². The zero-order valence-corrected chi connectivity index (χ0v) is 8.43. The van der Waals surface area contributed by atoms with Crippen molar-refractivity contribution in [2.75, 3.05) is 33.7 Å². The van der Waals surface area contributed by atoms with Crippen LogP contribution in [0.5, 0.6) is 0 Å². The first-order valence-electron chi connectivity index (χ1n) is 4.87. The summed E-state index contributed by atoms with van der Waals surface area (Å²) in [5.74, 6) is 0. The van der Waals surface area contributed by atoms with Crippen molar-refractivity contribution < 1.29 is 0 Å². The number of nitrogens with one attached hydrogen (secondary N) is 2. The third-order valence-corrected chi connectivity index (χ3v) is 2.79. The first-order chi connectivity index (χ1) is 5.80. The molecule has 1 aliphatic heterocycles. The standard InChI is InChI=1S/C9H21N3/c1-4-12-6-8(10-2)5-9(7-12)11-3/h8-11H,4-7H2,1-3H3. The molecule has 3 nitrogen and oxygen atoms in total. The molecule has 2 atom stereocenters. The SMILES string of the molecule is CCN1CC(NC)CC(NC)C1. The van der Waals surface area contributed by atoms with Gasteiger partial charge in [-0.1, -0.05) is 6.92 Å². The highest BCUT2D eigenvalue weighted by Gasteiger charge is 2.23. The highest BCUT2D eigenvalue weighted by molar-refractivity contribution is 4.85. The minimum atomic E-state index is 0.663. The van der Waals surface area contributed by atoms with Gasteiger partial charge in [0.2, 0.25) is 0 Å². The Balaban J connectivity index is 2.41. The first-order valence-corrected chi connectivity index (χ1v) is 4.87. The molecule has 0 amide bonds. The summed E-state index contributed by atoms with van der Waals surface area (Å²) in [6, 6.07) is 1.33. The lowest BCUT2D eigenvalue weighted by Gasteiger charge is -2.37. The lowest BCUT2D eigenvalue weighted by molar-refractivity contribution is 0.172. The fourth-order valence-corrected chi connectivity index (χ4v) is 1.87. The predicted octanol–water partition coefficient (Wildman–Crippen LogP) is -0.112. The van der Waals surface area contributed by atoms with Crippen LogP contribution in [0.25, 0.3) is 0 Å². The fraction of sp³-hybridized carbons (Fsp3) is 1.00. The van der Waals surface area contributed by atoms with Gasteiger partial charge in [-0.25, -0.2) is 0 Å². The lowest BCUT2D eigenvalue weighted by atomic mass is 10.0. The van der Waals surface area contributed by atoms with E-state index in [2.05, 4.69) is 36.6 Å². The number of piperidine rings is 1. The molecule has 3 heteroatoms. The van der Waals surface area contributed by atoms with Crippen LogP contribution >= 0.6 is 0 Å². The van der Waals surface area contributed by atoms with Crippen LogP contribution in [0.2, 0.25) is 0 Å². The van der Waals surface area contributed by atoms with Gasteiger partial charge in [0.15, 0.2) is 0 Å². The second-order valence-electron chi connectivity index (χ2n) is 3.56. The number of hydrogen-bond acceptors (Lipinski definition) is 3. The van der Waals surface area contributed by atoms with Crippen molar-refractivity contribution in [1.82, 2.24) is 15.5 Å². The highest BCUT2D eigenvalue weighted by atomic mass is 15.2. The number of rotatable bonds is 3. The van der Waals surface area contributed by atoms with E-state index in [4.69, 9.17) is 0 Å². The maximum atomic E-state index is 3.35. The molecule has 1 aliphatic rings. The monoisotopic (exact) mass is 171 g/mol. The van der Waals surface area contributed by atoms with Gasteiger partial charge in [-0.15, -0.1) is 0 Å². The Bertz CT molecular complexity index is 97.2. The average Bonchev–Trinajstić information content (AvgIpc) is 2.16. The van der Waals surface area contributed by atoms with Crippen LogP contribution in [0.15, 0.2) is 0 Å². The van der Waals surface area contributed by atoms with Crippen LogP contribution in [-0.4, -0.2) is 50.7 Å². The van der Waals surface area contributed by atoms with Crippen molar-refractivity contribution >= 4 is 0 Å². The summed E-state index contributed by atoms with van der Waals surface area (Å²) >= 11 is 0. The number of likely N-dealkylation sites (N-methyl/N-ethyl adjacent to an activating group) is 3. The second kappa shape index (κ2) is 4.80. The van der Waals surface area contributed by atoms with Crippen molar-refractivity contribution in [2.45, 2.75) is 25.4 Å². The van der Waals surface area contributed by atoms with Crippen LogP contribution in [0, 0.1) is 0 Å². The summed E-state index contributed by atoms with van der Waals surface area (Å²) in [6.45, 7) is 5.79. The van der Waals surface area contributed by atoms with Crippen molar-refractivity contribution in [2.24, 2.45) is 0 Å². The number of nitrogens with zero attached hydrogens (tertiary/aromatic N) is 1. The third-order valence-electron chi connectivity index (χ3n) is 2.79. The molecule has 2 unspecified atom stereocenters. The molecule has 1 heterocycles. The molecule has 1 fully saturated rings. The van der Waals surface area contributed by atoms with E-state index < -0.39 is 0 Å². The zero-order chi connectivity index (χ0) is 8.97. The lowest BCUT2D eigenvalue weighted by Crippen LogP contribution is -2.53. The average molecular weight is 171 g/mol. The van der Waals surface area contributed by atoms with Crippen molar-refractivity contribution in [3.8, 4) is 0 Å². The number of likely N-dealkylation sites (tertiary alicyclic amines) is 1. The Morgan fingerprint density at radius 1 is 1.17 bits per heavy atom. The summed E-state index contributed by atoms with van der Waals surface area (Å²) < 4.78 is 0. The largest absolute Gasteiger partial charge is 0.316 e. The highest BCUT2D eigenvalue weighted by Crippen LogP contribution is 2.09. The molecule has 0 aromatic rings. The van der Waals surface area contributed by atoms with Crippen LogP contribution < -0.4 is 10.6 Å². The maximum absolute atomic E-state index is 3.35. The summed E-state index contributed by atoms with van der Waals surface area (Å²) in [7, 11) is 4.10. The molecule has 0 radical (unpaired) electrons. The third kappa shape index (κ3) is 2.44. The van der Waals surface area contributed by atoms with Crippen LogP contribution in [0.3, 0.4) is 0 Å². The minimum Gasteiger partial charge on any atom is -0.316 e. The normalized spacial score (nSPS) is 32.2. The van der Waals surface area contributed by atoms with Gasteiger partial charge in [0.05, 0.1) is 0 Å². The van der Waals surface area contributed by atoms with E-state index in [-0.39, 0.29) is 0 Å². The molecule has 72 valence electrons. The van der Waals surface area contributed by atoms with Gasteiger partial charge in [-0.2, -0.15) is 0 Å². The van der Waals surface area contributed by atoms with Crippen LogP contribution in [0.1, 0.15) is 13.3 Å². The molecule has 0 aromatic carbocycles. The molecule has 1 saturated heterocycles. The van der Waals surface area contributed by atoms with E-state index in [0.29, 0.717) is 12.1 Å². The molecule has 0 aromatic heterocycles. The van der Waals surface area contributed by atoms with E-state index >= 15 is 0 Å². The van der Waals surface area contributed by atoms with E-state index in [1.807, 2.05) is 0 Å². The molecule has 0 spiro atoms.